The number of morpholine rings is 1. The number of imidazole rings is 1. The smallest absolute Gasteiger partial charge is 0.406 e. The SMILES string of the molecule is COC[C@H]1CO[C@@H](C(=O)N(C2CC2)[C@@H](C)c2cn(CCCNC(=O)OC)c(C3CCOCC3)n2)CN1. The van der Waals surface area contributed by atoms with Crippen molar-refractivity contribution in [2.24, 2.45) is 0 Å². The Balaban J connectivity index is 1.47. The number of alkyl carbamates (subject to hydrolysis) is 1. The summed E-state index contributed by atoms with van der Waals surface area (Å²) in [5.74, 6) is 1.39. The average Bonchev–Trinajstić information content (AvgIpc) is 3.65. The highest BCUT2D eigenvalue weighted by Gasteiger charge is 2.41. The van der Waals surface area contributed by atoms with Crippen LogP contribution in [0.3, 0.4) is 0 Å². The molecule has 0 radical (unpaired) electrons. The van der Waals surface area contributed by atoms with Crippen molar-refractivity contribution < 1.29 is 28.5 Å². The molecular formula is C25H41N5O6. The number of nitrogens with one attached hydrogen (secondary N) is 2. The molecule has 2 aliphatic heterocycles. The van der Waals surface area contributed by atoms with Crippen molar-refractivity contribution in [3.63, 3.8) is 0 Å². The standard InChI is InChI=1S/C25H41N5O6/c1-17(30(20-5-6-20)24(31)22-13-27-19(15-33-2)16-36-22)21-14-29(10-4-9-26-25(32)34-3)23(28-21)18-7-11-35-12-8-18/h14,17-20,22,27H,4-13,15-16H2,1-3H3,(H,26,32)/t17-,19-,22+/m0/s1. The van der Waals surface area contributed by atoms with Gasteiger partial charge in [-0.2, -0.15) is 0 Å². The second-order valence-electron chi connectivity index (χ2n) is 9.91. The van der Waals surface area contributed by atoms with Gasteiger partial charge in [-0.1, -0.05) is 0 Å². The van der Waals surface area contributed by atoms with Crippen LogP contribution in [0.5, 0.6) is 0 Å². The summed E-state index contributed by atoms with van der Waals surface area (Å²) < 4.78 is 23.6. The molecule has 2 saturated heterocycles. The summed E-state index contributed by atoms with van der Waals surface area (Å²) in [6.45, 7) is 6.28. The quantitative estimate of drug-likeness (QED) is 0.434. The second kappa shape index (κ2) is 12.8. The van der Waals surface area contributed by atoms with Gasteiger partial charge in [0.25, 0.3) is 5.91 Å². The van der Waals surface area contributed by atoms with Crippen LogP contribution in [0, 0.1) is 0 Å². The first-order chi connectivity index (χ1) is 17.5. The van der Waals surface area contributed by atoms with E-state index in [1.165, 1.54) is 7.11 Å². The lowest BCUT2D eigenvalue weighted by Gasteiger charge is -2.35. The number of aromatic nitrogens is 2. The lowest BCUT2D eigenvalue weighted by Crippen LogP contribution is -2.55. The Bertz CT molecular complexity index is 861. The number of aryl methyl sites for hydroxylation is 1. The molecule has 3 heterocycles. The molecule has 11 nitrogen and oxygen atoms in total. The van der Waals surface area contributed by atoms with Gasteiger partial charge in [-0.25, -0.2) is 9.78 Å². The largest absolute Gasteiger partial charge is 0.453 e. The van der Waals surface area contributed by atoms with Crippen LogP contribution in [0.2, 0.25) is 0 Å². The van der Waals surface area contributed by atoms with Crippen molar-refractivity contribution in [3.8, 4) is 0 Å². The molecule has 36 heavy (non-hydrogen) atoms. The fraction of sp³-hybridized carbons (Fsp3) is 0.800. The predicted molar refractivity (Wildman–Crippen MR) is 132 cm³/mol. The van der Waals surface area contributed by atoms with E-state index < -0.39 is 12.2 Å². The summed E-state index contributed by atoms with van der Waals surface area (Å²) >= 11 is 0. The van der Waals surface area contributed by atoms with Gasteiger partial charge in [0.15, 0.2) is 0 Å². The molecule has 3 fully saturated rings. The first-order valence-electron chi connectivity index (χ1n) is 13.1. The van der Waals surface area contributed by atoms with E-state index in [1.807, 2.05) is 4.90 Å². The maximum atomic E-state index is 13.6. The van der Waals surface area contributed by atoms with Gasteiger partial charge in [0.05, 0.1) is 38.1 Å². The molecule has 0 bridgehead atoms. The molecule has 2 amide bonds. The molecule has 2 N–H and O–H groups in total. The summed E-state index contributed by atoms with van der Waals surface area (Å²) in [5.41, 5.74) is 0.902. The monoisotopic (exact) mass is 507 g/mol. The van der Waals surface area contributed by atoms with E-state index in [0.29, 0.717) is 32.2 Å². The van der Waals surface area contributed by atoms with Crippen molar-refractivity contribution in [1.82, 2.24) is 25.1 Å². The normalized spacial score (nSPS) is 23.8. The Kier molecular flexibility index (Phi) is 9.58. The van der Waals surface area contributed by atoms with Gasteiger partial charge < -0.3 is 39.0 Å². The van der Waals surface area contributed by atoms with E-state index in [0.717, 1.165) is 63.4 Å². The van der Waals surface area contributed by atoms with E-state index in [4.69, 9.17) is 19.2 Å². The molecule has 1 saturated carbocycles. The van der Waals surface area contributed by atoms with E-state index in [1.54, 1.807) is 7.11 Å². The highest BCUT2D eigenvalue weighted by molar-refractivity contribution is 5.82. The fourth-order valence-corrected chi connectivity index (χ4v) is 5.06. The van der Waals surface area contributed by atoms with Crippen LogP contribution in [-0.2, 0) is 30.3 Å². The maximum Gasteiger partial charge on any atom is 0.406 e. The number of amides is 2. The van der Waals surface area contributed by atoms with Gasteiger partial charge in [0.1, 0.15) is 11.9 Å². The zero-order chi connectivity index (χ0) is 25.5. The minimum atomic E-state index is -0.498. The number of carbonyl (C=O) groups is 2. The van der Waals surface area contributed by atoms with Crippen molar-refractivity contribution in [3.05, 3.63) is 17.7 Å². The Morgan fingerprint density at radius 1 is 1.28 bits per heavy atom. The van der Waals surface area contributed by atoms with Crippen molar-refractivity contribution in [1.29, 1.82) is 0 Å². The second-order valence-corrected chi connectivity index (χ2v) is 9.91. The van der Waals surface area contributed by atoms with Gasteiger partial charge in [-0.05, 0) is 39.0 Å². The molecule has 3 aliphatic rings. The number of hydrogen-bond donors (Lipinski definition) is 2. The topological polar surface area (TPSA) is 116 Å². The van der Waals surface area contributed by atoms with Crippen LogP contribution in [0.1, 0.15) is 62.5 Å². The predicted octanol–water partition coefficient (Wildman–Crippen LogP) is 1.58. The molecule has 11 heteroatoms. The van der Waals surface area contributed by atoms with Crippen LogP contribution in [-0.4, -0.2) is 98.4 Å². The van der Waals surface area contributed by atoms with Gasteiger partial charge in [0, 0.05) is 58.1 Å². The van der Waals surface area contributed by atoms with Gasteiger partial charge in [-0.3, -0.25) is 4.79 Å². The van der Waals surface area contributed by atoms with Gasteiger partial charge >= 0.3 is 6.09 Å². The molecule has 1 aromatic rings. The summed E-state index contributed by atoms with van der Waals surface area (Å²) in [4.78, 5) is 32.1. The first-order valence-corrected chi connectivity index (χ1v) is 13.1. The minimum absolute atomic E-state index is 0.0258. The number of carbonyl (C=O) groups excluding carboxylic acids is 2. The van der Waals surface area contributed by atoms with Crippen molar-refractivity contribution in [2.75, 3.05) is 53.7 Å². The molecule has 0 spiro atoms. The third kappa shape index (κ3) is 6.76. The zero-order valence-electron chi connectivity index (χ0n) is 21.7. The number of ether oxygens (including phenoxy) is 4. The number of rotatable bonds is 11. The highest BCUT2D eigenvalue weighted by Crippen LogP contribution is 2.36. The molecule has 202 valence electrons. The van der Waals surface area contributed by atoms with Crippen LogP contribution in [0.25, 0.3) is 0 Å². The molecule has 4 rings (SSSR count). The number of nitrogens with zero attached hydrogens (tertiary/aromatic N) is 3. The van der Waals surface area contributed by atoms with Crippen molar-refractivity contribution >= 4 is 12.0 Å². The first kappa shape index (κ1) is 26.8. The Labute approximate surface area is 213 Å². The fourth-order valence-electron chi connectivity index (χ4n) is 5.06. The zero-order valence-corrected chi connectivity index (χ0v) is 21.7. The van der Waals surface area contributed by atoms with E-state index >= 15 is 0 Å². The number of methoxy groups -OCH3 is 2. The van der Waals surface area contributed by atoms with E-state index in [2.05, 4.69) is 33.1 Å². The van der Waals surface area contributed by atoms with Crippen molar-refractivity contribution in [2.45, 2.75) is 75.7 Å². The molecule has 1 aliphatic carbocycles. The Hall–Kier alpha value is -2.21. The van der Waals surface area contributed by atoms with Gasteiger partial charge in [0.2, 0.25) is 0 Å². The Morgan fingerprint density at radius 3 is 2.69 bits per heavy atom. The third-order valence-electron chi connectivity index (χ3n) is 7.22. The van der Waals surface area contributed by atoms with E-state index in [-0.39, 0.29) is 24.0 Å². The van der Waals surface area contributed by atoms with Crippen LogP contribution in [0.4, 0.5) is 4.79 Å². The van der Waals surface area contributed by atoms with Gasteiger partial charge in [-0.15, -0.1) is 0 Å². The van der Waals surface area contributed by atoms with Crippen LogP contribution in [0.15, 0.2) is 6.20 Å². The van der Waals surface area contributed by atoms with Crippen LogP contribution >= 0.6 is 0 Å². The molecule has 3 atom stereocenters. The molecule has 1 aromatic heterocycles. The lowest BCUT2D eigenvalue weighted by atomic mass is 9.99. The minimum Gasteiger partial charge on any atom is -0.453 e. The highest BCUT2D eigenvalue weighted by atomic mass is 16.5. The number of hydrogen-bond acceptors (Lipinski definition) is 8. The summed E-state index contributed by atoms with van der Waals surface area (Å²) in [6, 6.07) is 0.185. The third-order valence-corrected chi connectivity index (χ3v) is 7.22. The van der Waals surface area contributed by atoms with Crippen LogP contribution < -0.4 is 10.6 Å². The summed E-state index contributed by atoms with van der Waals surface area (Å²) in [7, 11) is 3.03. The Morgan fingerprint density at radius 2 is 2.06 bits per heavy atom. The molecule has 0 unspecified atom stereocenters. The van der Waals surface area contributed by atoms with E-state index in [9.17, 15) is 9.59 Å². The molecular weight excluding hydrogens is 466 g/mol. The lowest BCUT2D eigenvalue weighted by molar-refractivity contribution is -0.150. The average molecular weight is 508 g/mol. The maximum absolute atomic E-state index is 13.6. The molecule has 0 aromatic carbocycles. The summed E-state index contributed by atoms with van der Waals surface area (Å²) in [6.07, 6.45) is 5.80. The summed E-state index contributed by atoms with van der Waals surface area (Å²) in [5, 5.41) is 6.11.